The summed E-state index contributed by atoms with van der Waals surface area (Å²) in [6.45, 7) is 0.515. The van der Waals surface area contributed by atoms with E-state index in [9.17, 15) is 33.5 Å². The second-order valence-corrected chi connectivity index (χ2v) is 9.33. The summed E-state index contributed by atoms with van der Waals surface area (Å²) >= 11 is 0. The Balaban J connectivity index is 1.73. The molecule has 33 heavy (non-hydrogen) atoms. The Labute approximate surface area is 186 Å². The van der Waals surface area contributed by atoms with Gasteiger partial charge in [0, 0.05) is 11.9 Å². The second-order valence-electron chi connectivity index (χ2n) is 7.79. The van der Waals surface area contributed by atoms with Crippen LogP contribution in [-0.2, 0) is 10.0 Å². The highest BCUT2D eigenvalue weighted by atomic mass is 32.2. The number of pyridine rings is 1. The van der Waals surface area contributed by atoms with Gasteiger partial charge in [0.15, 0.2) is 16.5 Å². The molecule has 0 atom stereocenters. The van der Waals surface area contributed by atoms with Crippen LogP contribution < -0.4 is 16.3 Å². The van der Waals surface area contributed by atoms with E-state index in [1.165, 1.54) is 4.68 Å². The maximum atomic E-state index is 13.4. The van der Waals surface area contributed by atoms with Crippen LogP contribution in [0.15, 0.2) is 50.5 Å². The van der Waals surface area contributed by atoms with Crippen molar-refractivity contribution >= 4 is 38.1 Å². The van der Waals surface area contributed by atoms with Gasteiger partial charge in [-0.15, -0.1) is 4.40 Å². The number of aromatic nitrogens is 1. The molecule has 0 radical (unpaired) electrons. The fourth-order valence-electron chi connectivity index (χ4n) is 3.76. The molecule has 12 nitrogen and oxygen atoms in total. The van der Waals surface area contributed by atoms with Crippen molar-refractivity contribution in [3.8, 4) is 11.5 Å². The number of benzene rings is 2. The molecule has 2 heterocycles. The van der Waals surface area contributed by atoms with Gasteiger partial charge in [0.25, 0.3) is 15.6 Å². The maximum Gasteiger partial charge on any atom is 0.333 e. The van der Waals surface area contributed by atoms with Crippen LogP contribution in [0, 0.1) is 16.0 Å². The summed E-state index contributed by atoms with van der Waals surface area (Å²) in [6, 6.07) is 8.62. The molecule has 5 rings (SSSR count). The van der Waals surface area contributed by atoms with Gasteiger partial charge in [-0.05, 0) is 43.0 Å². The number of sulfonamides is 1. The number of aromatic hydroxyl groups is 2. The SMILES string of the molecule is O=c1c(C2=NS(=O)(=O)c3c(ccc(O)c3[N+](=O)[O-])N2)c(O)c2ccccc2n1NCC1CC1. The van der Waals surface area contributed by atoms with E-state index >= 15 is 0 Å². The molecule has 1 aromatic heterocycles. The molecule has 0 saturated heterocycles. The first-order valence-electron chi connectivity index (χ1n) is 9.92. The number of phenolic OH excluding ortho intramolecular Hbond substituents is 1. The predicted molar refractivity (Wildman–Crippen MR) is 119 cm³/mol. The minimum Gasteiger partial charge on any atom is -0.506 e. The minimum atomic E-state index is -4.71. The third-order valence-corrected chi connectivity index (χ3v) is 6.89. The molecule has 170 valence electrons. The first kappa shape index (κ1) is 20.8. The normalized spacial score (nSPS) is 16.5. The Bertz CT molecular complexity index is 1540. The Morgan fingerprint density at radius 2 is 1.94 bits per heavy atom. The molecule has 1 aliphatic carbocycles. The molecular formula is C20H17N5O7S. The smallest absolute Gasteiger partial charge is 0.333 e. The predicted octanol–water partition coefficient (Wildman–Crippen LogP) is 1.84. The van der Waals surface area contributed by atoms with E-state index in [0.717, 1.165) is 25.0 Å². The lowest BCUT2D eigenvalue weighted by atomic mass is 10.1. The minimum absolute atomic E-state index is 0.256. The molecule has 3 aromatic rings. The molecule has 13 heteroatoms. The zero-order valence-corrected chi connectivity index (χ0v) is 17.7. The van der Waals surface area contributed by atoms with Crippen LogP contribution in [0.25, 0.3) is 10.9 Å². The summed E-state index contributed by atoms with van der Waals surface area (Å²) in [5, 5.41) is 35.0. The Morgan fingerprint density at radius 1 is 1.21 bits per heavy atom. The lowest BCUT2D eigenvalue weighted by Gasteiger charge is -2.21. The fraction of sp³-hybridized carbons (Fsp3) is 0.200. The molecule has 2 aromatic carbocycles. The average Bonchev–Trinajstić information content (AvgIpc) is 3.58. The summed E-state index contributed by atoms with van der Waals surface area (Å²) in [6.07, 6.45) is 2.05. The molecule has 4 N–H and O–H groups in total. The van der Waals surface area contributed by atoms with Gasteiger partial charge in [-0.2, -0.15) is 8.42 Å². The van der Waals surface area contributed by atoms with Crippen LogP contribution in [0.5, 0.6) is 11.5 Å². The number of nitrogens with zero attached hydrogens (tertiary/aromatic N) is 3. The Morgan fingerprint density at radius 3 is 2.64 bits per heavy atom. The molecule has 0 bridgehead atoms. The van der Waals surface area contributed by atoms with Gasteiger partial charge in [-0.3, -0.25) is 14.9 Å². The van der Waals surface area contributed by atoms with E-state index < -0.39 is 54.0 Å². The van der Waals surface area contributed by atoms with Crippen molar-refractivity contribution in [2.75, 3.05) is 17.3 Å². The lowest BCUT2D eigenvalue weighted by molar-refractivity contribution is -0.388. The van der Waals surface area contributed by atoms with E-state index in [4.69, 9.17) is 0 Å². The van der Waals surface area contributed by atoms with Crippen LogP contribution in [0.3, 0.4) is 0 Å². The van der Waals surface area contributed by atoms with Crippen molar-refractivity contribution in [3.63, 3.8) is 0 Å². The van der Waals surface area contributed by atoms with E-state index in [1.807, 2.05) is 0 Å². The Kier molecular flexibility index (Phi) is 4.53. The van der Waals surface area contributed by atoms with E-state index in [0.29, 0.717) is 18.0 Å². The number of fused-ring (bicyclic) bond motifs is 2. The maximum absolute atomic E-state index is 13.4. The van der Waals surface area contributed by atoms with E-state index in [1.54, 1.807) is 24.3 Å². The number of nitro benzene ring substituents is 1. The van der Waals surface area contributed by atoms with Gasteiger partial charge in [-0.1, -0.05) is 12.1 Å². The third kappa shape index (κ3) is 3.33. The highest BCUT2D eigenvalue weighted by molar-refractivity contribution is 7.90. The fourth-order valence-corrected chi connectivity index (χ4v) is 5.05. The summed E-state index contributed by atoms with van der Waals surface area (Å²) in [5.41, 5.74) is 0.979. The van der Waals surface area contributed by atoms with Crippen molar-refractivity contribution in [1.29, 1.82) is 0 Å². The first-order valence-corrected chi connectivity index (χ1v) is 11.4. The number of nitrogens with one attached hydrogen (secondary N) is 2. The van der Waals surface area contributed by atoms with Crippen LogP contribution in [0.2, 0.25) is 0 Å². The summed E-state index contributed by atoms with van der Waals surface area (Å²) in [4.78, 5) is 22.9. The van der Waals surface area contributed by atoms with Crippen molar-refractivity contribution in [3.05, 3.63) is 62.4 Å². The zero-order valence-electron chi connectivity index (χ0n) is 16.8. The number of anilines is 1. The largest absolute Gasteiger partial charge is 0.506 e. The number of para-hydroxylation sites is 1. The summed E-state index contributed by atoms with van der Waals surface area (Å²) < 4.78 is 30.5. The van der Waals surface area contributed by atoms with Crippen molar-refractivity contribution in [1.82, 2.24) is 4.68 Å². The van der Waals surface area contributed by atoms with Gasteiger partial charge < -0.3 is 21.0 Å². The third-order valence-electron chi connectivity index (χ3n) is 5.54. The van der Waals surface area contributed by atoms with E-state index in [-0.39, 0.29) is 11.1 Å². The zero-order chi connectivity index (χ0) is 23.5. The van der Waals surface area contributed by atoms with Crippen molar-refractivity contribution in [2.45, 2.75) is 17.7 Å². The highest BCUT2D eigenvalue weighted by Gasteiger charge is 2.38. The van der Waals surface area contributed by atoms with Crippen LogP contribution in [-0.4, -0.2) is 40.6 Å². The quantitative estimate of drug-likeness (QED) is 0.246. The number of nitro groups is 1. The summed E-state index contributed by atoms with van der Waals surface area (Å²) in [5.74, 6) is -1.41. The monoisotopic (exact) mass is 471 g/mol. The molecule has 0 unspecified atom stereocenters. The van der Waals surface area contributed by atoms with Gasteiger partial charge >= 0.3 is 5.69 Å². The van der Waals surface area contributed by atoms with Gasteiger partial charge in [0.1, 0.15) is 11.3 Å². The van der Waals surface area contributed by atoms with Crippen molar-refractivity contribution in [2.24, 2.45) is 10.3 Å². The lowest BCUT2D eigenvalue weighted by Crippen LogP contribution is -2.37. The average molecular weight is 471 g/mol. The molecule has 1 saturated carbocycles. The van der Waals surface area contributed by atoms with Gasteiger partial charge in [0.2, 0.25) is 0 Å². The number of hydrogen-bond donors (Lipinski definition) is 4. The number of amidine groups is 1. The number of rotatable bonds is 5. The Hall–Kier alpha value is -4.13. The highest BCUT2D eigenvalue weighted by Crippen LogP contribution is 2.42. The van der Waals surface area contributed by atoms with Crippen LogP contribution >= 0.6 is 0 Å². The molecular weight excluding hydrogens is 454 g/mol. The standard InChI is InChI=1S/C20H17N5O7S/c26-14-8-7-12-18(16(14)25(29)30)33(31,32)23-19(22-12)15-17(27)11-3-1-2-4-13(11)24(20(15)28)21-9-10-5-6-10/h1-4,7-8,10,21,26-27H,5-6,9H2,(H,22,23). The van der Waals surface area contributed by atoms with Crippen molar-refractivity contribution < 1.29 is 23.6 Å². The second kappa shape index (κ2) is 7.20. The molecule has 0 amide bonds. The first-order chi connectivity index (χ1) is 15.7. The molecule has 1 aliphatic heterocycles. The van der Waals surface area contributed by atoms with E-state index in [2.05, 4.69) is 15.1 Å². The number of phenols is 1. The van der Waals surface area contributed by atoms with Crippen LogP contribution in [0.1, 0.15) is 18.4 Å². The summed E-state index contributed by atoms with van der Waals surface area (Å²) in [7, 11) is -4.71. The van der Waals surface area contributed by atoms with Crippen LogP contribution in [0.4, 0.5) is 11.4 Å². The molecule has 2 aliphatic rings. The topological polar surface area (TPSA) is 176 Å². The molecule has 0 spiro atoms. The van der Waals surface area contributed by atoms with Gasteiger partial charge in [-0.25, -0.2) is 4.68 Å². The van der Waals surface area contributed by atoms with Gasteiger partial charge in [0.05, 0.1) is 16.1 Å². The number of hydrogen-bond acceptors (Lipinski definition) is 9. The molecule has 1 fully saturated rings.